The third-order valence-corrected chi connectivity index (χ3v) is 3.06. The standard InChI is InChI=1S/C13H13Cl2N3O3/c1-7-6-10(19)17-18-11(7)8-2-4-9(5-3-8)16-13(20)21-12(14)15/h2-5,7,12H,6H2,1H3,(H,16,20)(H,17,19). The maximum atomic E-state index is 11.3. The first-order chi connectivity index (χ1) is 9.95. The van der Waals surface area contributed by atoms with Crippen LogP contribution in [0.15, 0.2) is 29.4 Å². The Kier molecular flexibility index (Phi) is 5.03. The number of carbonyl (C=O) groups is 2. The van der Waals surface area contributed by atoms with Crippen molar-refractivity contribution in [2.24, 2.45) is 11.0 Å². The zero-order valence-electron chi connectivity index (χ0n) is 11.1. The number of hydrogen-bond donors (Lipinski definition) is 2. The number of hydrazone groups is 1. The molecule has 0 aliphatic carbocycles. The highest BCUT2D eigenvalue weighted by Crippen LogP contribution is 2.18. The molecule has 21 heavy (non-hydrogen) atoms. The van der Waals surface area contributed by atoms with Crippen LogP contribution in [0.4, 0.5) is 10.5 Å². The maximum absolute atomic E-state index is 11.3. The lowest BCUT2D eigenvalue weighted by atomic mass is 9.94. The van der Waals surface area contributed by atoms with Gasteiger partial charge in [-0.3, -0.25) is 10.1 Å². The first kappa shape index (κ1) is 15.6. The third-order valence-electron chi connectivity index (χ3n) is 2.88. The summed E-state index contributed by atoms with van der Waals surface area (Å²) >= 11 is 10.7. The fraction of sp³-hybridized carbons (Fsp3) is 0.308. The number of halogens is 2. The molecule has 2 rings (SSSR count). The van der Waals surface area contributed by atoms with Gasteiger partial charge in [-0.15, -0.1) is 0 Å². The summed E-state index contributed by atoms with van der Waals surface area (Å²) in [5, 5.41) is 5.33. The van der Waals surface area contributed by atoms with E-state index in [1.807, 2.05) is 6.92 Å². The molecule has 1 unspecified atom stereocenters. The van der Waals surface area contributed by atoms with Crippen molar-refractivity contribution in [1.29, 1.82) is 0 Å². The van der Waals surface area contributed by atoms with Crippen molar-refractivity contribution in [2.75, 3.05) is 5.32 Å². The quantitative estimate of drug-likeness (QED) is 0.837. The van der Waals surface area contributed by atoms with Crippen LogP contribution >= 0.6 is 23.2 Å². The molecule has 0 bridgehead atoms. The van der Waals surface area contributed by atoms with E-state index in [4.69, 9.17) is 23.2 Å². The Balaban J connectivity index is 2.05. The lowest BCUT2D eigenvalue weighted by molar-refractivity contribution is -0.121. The number of carbonyl (C=O) groups excluding carboxylic acids is 2. The second kappa shape index (κ2) is 6.78. The molecule has 1 atom stereocenters. The Bertz CT molecular complexity index is 573. The highest BCUT2D eigenvalue weighted by molar-refractivity contribution is 6.43. The Labute approximate surface area is 131 Å². The minimum atomic E-state index is -1.22. The summed E-state index contributed by atoms with van der Waals surface area (Å²) in [5.41, 5.74) is 4.66. The van der Waals surface area contributed by atoms with Gasteiger partial charge < -0.3 is 4.74 Å². The number of nitrogens with zero attached hydrogens (tertiary/aromatic N) is 1. The Morgan fingerprint density at radius 1 is 1.43 bits per heavy atom. The van der Waals surface area contributed by atoms with Crippen molar-refractivity contribution in [2.45, 2.75) is 18.4 Å². The van der Waals surface area contributed by atoms with E-state index in [-0.39, 0.29) is 11.8 Å². The van der Waals surface area contributed by atoms with Crippen LogP contribution in [0.25, 0.3) is 0 Å². The number of alkyl halides is 2. The lowest BCUT2D eigenvalue weighted by Crippen LogP contribution is -2.31. The normalized spacial score (nSPS) is 18.0. The molecule has 1 aliphatic rings. The van der Waals surface area contributed by atoms with Gasteiger partial charge in [-0.05, 0) is 17.7 Å². The van der Waals surface area contributed by atoms with Crippen LogP contribution in [-0.4, -0.2) is 22.7 Å². The number of hydrogen-bond acceptors (Lipinski definition) is 4. The van der Waals surface area contributed by atoms with Crippen molar-refractivity contribution in [3.63, 3.8) is 0 Å². The molecule has 6 nitrogen and oxygen atoms in total. The Hall–Kier alpha value is -1.79. The summed E-state index contributed by atoms with van der Waals surface area (Å²) in [6.45, 7) is 1.93. The van der Waals surface area contributed by atoms with Gasteiger partial charge in [0.05, 0.1) is 5.71 Å². The second-order valence-corrected chi connectivity index (χ2v) is 5.52. The van der Waals surface area contributed by atoms with Crippen molar-refractivity contribution >= 4 is 46.6 Å². The number of rotatable bonds is 3. The van der Waals surface area contributed by atoms with Gasteiger partial charge >= 0.3 is 6.09 Å². The topological polar surface area (TPSA) is 79.8 Å². The molecule has 8 heteroatoms. The van der Waals surface area contributed by atoms with Crippen LogP contribution in [-0.2, 0) is 9.53 Å². The molecule has 2 amide bonds. The summed E-state index contributed by atoms with van der Waals surface area (Å²) in [5.74, 6) is -0.0558. The van der Waals surface area contributed by atoms with Crippen molar-refractivity contribution in [3.05, 3.63) is 29.8 Å². The molecule has 1 aliphatic heterocycles. The molecule has 1 aromatic rings. The Morgan fingerprint density at radius 2 is 2.10 bits per heavy atom. The Morgan fingerprint density at radius 3 is 2.67 bits per heavy atom. The molecule has 2 N–H and O–H groups in total. The SMILES string of the molecule is CC1CC(=O)NN=C1c1ccc(NC(=O)OC(Cl)Cl)cc1. The maximum Gasteiger partial charge on any atom is 0.414 e. The average Bonchev–Trinajstić information content (AvgIpc) is 2.39. The monoisotopic (exact) mass is 329 g/mol. The number of amides is 2. The number of anilines is 1. The van der Waals surface area contributed by atoms with Gasteiger partial charge in [-0.25, -0.2) is 10.2 Å². The van der Waals surface area contributed by atoms with Crippen LogP contribution in [0.1, 0.15) is 18.9 Å². The van der Waals surface area contributed by atoms with E-state index in [2.05, 4.69) is 20.6 Å². The third kappa shape index (κ3) is 4.34. The van der Waals surface area contributed by atoms with Crippen LogP contribution < -0.4 is 10.7 Å². The van der Waals surface area contributed by atoms with Crippen molar-refractivity contribution in [1.82, 2.24) is 5.43 Å². The van der Waals surface area contributed by atoms with E-state index >= 15 is 0 Å². The predicted octanol–water partition coefficient (Wildman–Crippen LogP) is 2.86. The minimum absolute atomic E-state index is 0.0378. The van der Waals surface area contributed by atoms with Crippen molar-refractivity contribution < 1.29 is 14.3 Å². The molecule has 1 heterocycles. The van der Waals surface area contributed by atoms with Crippen LogP contribution in [0, 0.1) is 5.92 Å². The zero-order chi connectivity index (χ0) is 15.4. The number of nitrogens with one attached hydrogen (secondary N) is 2. The largest absolute Gasteiger partial charge is 0.415 e. The number of benzene rings is 1. The number of ether oxygens (including phenoxy) is 1. The molecule has 0 saturated heterocycles. The highest BCUT2D eigenvalue weighted by Gasteiger charge is 2.21. The molecule has 0 spiro atoms. The van der Waals surface area contributed by atoms with Gasteiger partial charge in [0.25, 0.3) is 5.02 Å². The fourth-order valence-corrected chi connectivity index (χ4v) is 2.12. The van der Waals surface area contributed by atoms with E-state index in [0.717, 1.165) is 11.3 Å². The molecule has 0 fully saturated rings. The minimum Gasteiger partial charge on any atom is -0.415 e. The van der Waals surface area contributed by atoms with Crippen LogP contribution in [0.5, 0.6) is 0 Å². The van der Waals surface area contributed by atoms with Gasteiger partial charge in [-0.1, -0.05) is 42.3 Å². The summed E-state index contributed by atoms with van der Waals surface area (Å²) in [4.78, 5) is 22.5. The summed E-state index contributed by atoms with van der Waals surface area (Å²) < 4.78 is 4.54. The van der Waals surface area contributed by atoms with Gasteiger partial charge in [0.15, 0.2) is 0 Å². The average molecular weight is 330 g/mol. The summed E-state index contributed by atoms with van der Waals surface area (Å²) in [7, 11) is 0. The smallest absolute Gasteiger partial charge is 0.414 e. The first-order valence-electron chi connectivity index (χ1n) is 6.18. The molecule has 0 radical (unpaired) electrons. The molecule has 0 saturated carbocycles. The predicted molar refractivity (Wildman–Crippen MR) is 80.5 cm³/mol. The molecule has 112 valence electrons. The molecule has 1 aromatic carbocycles. The van der Waals surface area contributed by atoms with Crippen molar-refractivity contribution in [3.8, 4) is 0 Å². The van der Waals surface area contributed by atoms with Gasteiger partial charge in [0.2, 0.25) is 5.91 Å². The zero-order valence-corrected chi connectivity index (χ0v) is 12.6. The van der Waals surface area contributed by atoms with Crippen LogP contribution in [0.2, 0.25) is 0 Å². The van der Waals surface area contributed by atoms with E-state index in [1.54, 1.807) is 24.3 Å². The van der Waals surface area contributed by atoms with E-state index in [9.17, 15) is 9.59 Å². The molecular formula is C13H13Cl2N3O3. The second-order valence-electron chi connectivity index (χ2n) is 4.51. The van der Waals surface area contributed by atoms with Gasteiger partial charge in [0, 0.05) is 18.0 Å². The highest BCUT2D eigenvalue weighted by atomic mass is 35.5. The molecule has 0 aromatic heterocycles. The van der Waals surface area contributed by atoms with Gasteiger partial charge in [0.1, 0.15) is 0 Å². The summed E-state index contributed by atoms with van der Waals surface area (Å²) in [6.07, 6.45) is -0.341. The first-order valence-corrected chi connectivity index (χ1v) is 7.05. The lowest BCUT2D eigenvalue weighted by Gasteiger charge is -2.19. The fourth-order valence-electron chi connectivity index (χ4n) is 1.95. The van der Waals surface area contributed by atoms with Gasteiger partial charge in [-0.2, -0.15) is 5.10 Å². The van der Waals surface area contributed by atoms with Crippen LogP contribution in [0.3, 0.4) is 0 Å². The van der Waals surface area contributed by atoms with E-state index in [1.165, 1.54) is 0 Å². The van der Waals surface area contributed by atoms with E-state index < -0.39 is 11.1 Å². The summed E-state index contributed by atoms with van der Waals surface area (Å²) in [6, 6.07) is 6.97. The molecular weight excluding hydrogens is 317 g/mol. The van der Waals surface area contributed by atoms with E-state index in [0.29, 0.717) is 12.1 Å².